The predicted molar refractivity (Wildman–Crippen MR) is 55.7 cm³/mol. The van der Waals surface area contributed by atoms with Crippen molar-refractivity contribution in [3.63, 3.8) is 0 Å². The first-order chi connectivity index (χ1) is 5.88. The van der Waals surface area contributed by atoms with Crippen LogP contribution in [0, 0.1) is 11.8 Å². The zero-order valence-corrected chi connectivity index (χ0v) is 8.95. The topological polar surface area (TPSA) is 0 Å². The zero-order chi connectivity index (χ0) is 8.81. The van der Waals surface area contributed by atoms with Crippen LogP contribution in [-0.4, -0.2) is 5.88 Å². The summed E-state index contributed by atoms with van der Waals surface area (Å²) in [5.41, 5.74) is 0. The van der Waals surface area contributed by atoms with Crippen molar-refractivity contribution in [1.82, 2.24) is 0 Å². The molecule has 0 saturated heterocycles. The van der Waals surface area contributed by atoms with Gasteiger partial charge in [0.15, 0.2) is 0 Å². The van der Waals surface area contributed by atoms with Crippen molar-refractivity contribution in [2.75, 3.05) is 5.88 Å². The molecule has 0 aliphatic heterocycles. The van der Waals surface area contributed by atoms with E-state index in [1.54, 1.807) is 0 Å². The first-order valence-corrected chi connectivity index (χ1v) is 5.98. The summed E-state index contributed by atoms with van der Waals surface area (Å²) in [6.45, 7) is 2.26. The number of alkyl halides is 1. The molecule has 72 valence electrons. The molecule has 1 fully saturated rings. The molecule has 0 aromatic rings. The third-order valence-corrected chi connectivity index (χ3v) is 3.59. The maximum Gasteiger partial charge on any atom is 0.0254 e. The van der Waals surface area contributed by atoms with Gasteiger partial charge < -0.3 is 0 Å². The maximum atomic E-state index is 5.98. The van der Waals surface area contributed by atoms with Crippen molar-refractivity contribution in [1.29, 1.82) is 0 Å². The average molecular weight is 189 g/mol. The first kappa shape index (κ1) is 10.4. The highest BCUT2D eigenvalue weighted by atomic mass is 35.5. The summed E-state index contributed by atoms with van der Waals surface area (Å²) in [6, 6.07) is 0. The molecule has 0 aromatic carbocycles. The van der Waals surface area contributed by atoms with Gasteiger partial charge in [0.05, 0.1) is 0 Å². The number of hydrogen-bond donors (Lipinski definition) is 0. The molecule has 0 N–H and O–H groups in total. The van der Waals surface area contributed by atoms with Crippen LogP contribution in [0.1, 0.15) is 51.9 Å². The molecule has 0 amide bonds. The summed E-state index contributed by atoms with van der Waals surface area (Å²) in [6.07, 6.45) is 9.84. The van der Waals surface area contributed by atoms with E-state index in [4.69, 9.17) is 11.6 Å². The van der Waals surface area contributed by atoms with Crippen molar-refractivity contribution >= 4 is 11.6 Å². The molecule has 1 saturated carbocycles. The van der Waals surface area contributed by atoms with Crippen LogP contribution in [0.25, 0.3) is 0 Å². The van der Waals surface area contributed by atoms with E-state index >= 15 is 0 Å². The van der Waals surface area contributed by atoms with Crippen LogP contribution in [0.5, 0.6) is 0 Å². The van der Waals surface area contributed by atoms with E-state index in [-0.39, 0.29) is 0 Å². The first-order valence-electron chi connectivity index (χ1n) is 5.44. The molecule has 0 radical (unpaired) electrons. The second-order valence-corrected chi connectivity index (χ2v) is 4.41. The molecule has 0 bridgehead atoms. The Bertz CT molecular complexity index is 106. The van der Waals surface area contributed by atoms with E-state index in [2.05, 4.69) is 6.92 Å². The third kappa shape index (κ3) is 2.97. The molecule has 1 unspecified atom stereocenters. The Kier molecular flexibility index (Phi) is 5.06. The van der Waals surface area contributed by atoms with Crippen LogP contribution in [0.4, 0.5) is 0 Å². The summed E-state index contributed by atoms with van der Waals surface area (Å²) < 4.78 is 0. The normalized spacial score (nSPS) is 21.5. The van der Waals surface area contributed by atoms with E-state index < -0.39 is 0 Å². The number of halogens is 1. The molecule has 0 spiro atoms. The largest absolute Gasteiger partial charge is 0.126 e. The van der Waals surface area contributed by atoms with Crippen molar-refractivity contribution < 1.29 is 0 Å². The number of unbranched alkanes of at least 4 members (excludes halogenated alkanes) is 1. The molecule has 0 heterocycles. The van der Waals surface area contributed by atoms with Gasteiger partial charge in [0.2, 0.25) is 0 Å². The minimum absolute atomic E-state index is 0.828. The molecule has 1 aliphatic carbocycles. The van der Waals surface area contributed by atoms with Gasteiger partial charge in [0.25, 0.3) is 0 Å². The summed E-state index contributed by atoms with van der Waals surface area (Å²) in [5.74, 6) is 2.69. The number of hydrogen-bond acceptors (Lipinski definition) is 0. The van der Waals surface area contributed by atoms with Crippen molar-refractivity contribution in [2.24, 2.45) is 11.8 Å². The minimum atomic E-state index is 0.828. The monoisotopic (exact) mass is 188 g/mol. The van der Waals surface area contributed by atoms with Crippen molar-refractivity contribution in [3.05, 3.63) is 0 Å². The van der Waals surface area contributed by atoms with Gasteiger partial charge >= 0.3 is 0 Å². The fraction of sp³-hybridized carbons (Fsp3) is 1.00. The number of rotatable bonds is 5. The Balaban J connectivity index is 2.22. The lowest BCUT2D eigenvalue weighted by molar-refractivity contribution is 0.341. The molecular weight excluding hydrogens is 168 g/mol. The lowest BCUT2D eigenvalue weighted by Gasteiger charge is -2.20. The lowest BCUT2D eigenvalue weighted by atomic mass is 9.88. The van der Waals surface area contributed by atoms with Gasteiger partial charge in [-0.1, -0.05) is 45.4 Å². The summed E-state index contributed by atoms with van der Waals surface area (Å²) in [5, 5.41) is 0. The van der Waals surface area contributed by atoms with Gasteiger partial charge in [0.1, 0.15) is 0 Å². The molecule has 1 rings (SSSR count). The highest BCUT2D eigenvalue weighted by Crippen LogP contribution is 2.34. The Hall–Kier alpha value is 0.290. The van der Waals surface area contributed by atoms with Gasteiger partial charge in [-0.2, -0.15) is 0 Å². The minimum Gasteiger partial charge on any atom is -0.126 e. The second kappa shape index (κ2) is 5.85. The molecule has 1 atom stereocenters. The summed E-state index contributed by atoms with van der Waals surface area (Å²) in [7, 11) is 0. The van der Waals surface area contributed by atoms with Crippen LogP contribution in [0.2, 0.25) is 0 Å². The van der Waals surface area contributed by atoms with Gasteiger partial charge in [-0.05, 0) is 18.3 Å². The molecular formula is C11H21Cl. The summed E-state index contributed by atoms with van der Waals surface area (Å²) in [4.78, 5) is 0. The molecule has 1 heteroatoms. The standard InChI is InChI=1S/C11H21Cl/c1-2-3-6-11(9-12)10-7-4-5-8-10/h10-11H,2-9H2,1H3. The molecule has 12 heavy (non-hydrogen) atoms. The van der Waals surface area contributed by atoms with E-state index in [1.165, 1.54) is 44.9 Å². The molecule has 0 aromatic heterocycles. The van der Waals surface area contributed by atoms with E-state index in [0.29, 0.717) is 0 Å². The third-order valence-electron chi connectivity index (χ3n) is 3.19. The van der Waals surface area contributed by atoms with E-state index in [1.807, 2.05) is 0 Å². The Labute approximate surface area is 81.7 Å². The smallest absolute Gasteiger partial charge is 0.0254 e. The van der Waals surface area contributed by atoms with Crippen LogP contribution >= 0.6 is 11.6 Å². The average Bonchev–Trinajstić information content (AvgIpc) is 2.59. The molecule has 1 aliphatic rings. The molecule has 0 nitrogen and oxygen atoms in total. The highest BCUT2D eigenvalue weighted by Gasteiger charge is 2.23. The van der Waals surface area contributed by atoms with E-state index in [9.17, 15) is 0 Å². The zero-order valence-electron chi connectivity index (χ0n) is 8.19. The SMILES string of the molecule is CCCCC(CCl)C1CCCC1. The van der Waals surface area contributed by atoms with Gasteiger partial charge in [-0.3, -0.25) is 0 Å². The van der Waals surface area contributed by atoms with Crippen LogP contribution in [-0.2, 0) is 0 Å². The quantitative estimate of drug-likeness (QED) is 0.567. The van der Waals surface area contributed by atoms with Crippen LogP contribution in [0.15, 0.2) is 0 Å². The van der Waals surface area contributed by atoms with Crippen LogP contribution in [0.3, 0.4) is 0 Å². The Morgan fingerprint density at radius 3 is 2.50 bits per heavy atom. The highest BCUT2D eigenvalue weighted by molar-refractivity contribution is 6.18. The fourth-order valence-corrected chi connectivity index (χ4v) is 2.74. The maximum absolute atomic E-state index is 5.98. The lowest BCUT2D eigenvalue weighted by Crippen LogP contribution is -2.13. The Morgan fingerprint density at radius 1 is 1.33 bits per heavy atom. The van der Waals surface area contributed by atoms with Gasteiger partial charge in [-0.15, -0.1) is 11.6 Å². The Morgan fingerprint density at radius 2 is 2.00 bits per heavy atom. The fourth-order valence-electron chi connectivity index (χ4n) is 2.33. The van der Waals surface area contributed by atoms with Crippen molar-refractivity contribution in [3.8, 4) is 0 Å². The second-order valence-electron chi connectivity index (χ2n) is 4.10. The van der Waals surface area contributed by atoms with E-state index in [0.717, 1.165) is 17.7 Å². The summed E-state index contributed by atoms with van der Waals surface area (Å²) >= 11 is 5.98. The van der Waals surface area contributed by atoms with Crippen LogP contribution < -0.4 is 0 Å². The van der Waals surface area contributed by atoms with Gasteiger partial charge in [0, 0.05) is 5.88 Å². The van der Waals surface area contributed by atoms with Gasteiger partial charge in [-0.25, -0.2) is 0 Å². The van der Waals surface area contributed by atoms with Crippen molar-refractivity contribution in [2.45, 2.75) is 51.9 Å². The predicted octanol–water partition coefficient (Wildman–Crippen LogP) is 4.22.